The molecule has 0 aromatic heterocycles. The Balaban J connectivity index is 1.45. The van der Waals surface area contributed by atoms with E-state index in [9.17, 15) is 28.8 Å². The molecule has 0 bridgehead atoms. The van der Waals surface area contributed by atoms with Crippen LogP contribution in [0, 0.1) is 0 Å². The SMILES string of the molecule is CC(NC(=O)[C@H](Cc1ccccc1)NC(=O)Cc1ccccc1)C(=O)C(=O)N[C@@H](Cc1ccccc1)C(=O)N[C@@H](Cc1ccc(C(C)(C)C)cc1)C(N)=O. The average Bonchev–Trinajstić information content (AvgIpc) is 3.14. The number of carbonyl (C=O) groups excluding carboxylic acids is 6. The van der Waals surface area contributed by atoms with Gasteiger partial charge in [0.25, 0.3) is 5.91 Å². The molecule has 0 radical (unpaired) electrons. The summed E-state index contributed by atoms with van der Waals surface area (Å²) >= 11 is 0. The smallest absolute Gasteiger partial charge is 0.290 e. The number of amides is 5. The number of benzene rings is 4. The van der Waals surface area contributed by atoms with Crippen molar-refractivity contribution < 1.29 is 28.8 Å². The minimum absolute atomic E-state index is 0.00475. The van der Waals surface area contributed by atoms with Gasteiger partial charge in [0, 0.05) is 19.3 Å². The highest BCUT2D eigenvalue weighted by atomic mass is 16.2. The zero-order valence-corrected chi connectivity index (χ0v) is 31.1. The van der Waals surface area contributed by atoms with Crippen molar-refractivity contribution in [3.05, 3.63) is 143 Å². The molecule has 0 aliphatic rings. The molecule has 4 atom stereocenters. The van der Waals surface area contributed by atoms with Crippen molar-refractivity contribution in [1.29, 1.82) is 0 Å². The first kappa shape index (κ1) is 40.7. The van der Waals surface area contributed by atoms with Gasteiger partial charge in [-0.1, -0.05) is 136 Å². The Kier molecular flexibility index (Phi) is 14.4. The number of hydrogen-bond donors (Lipinski definition) is 5. The normalized spacial score (nSPS) is 13.3. The van der Waals surface area contributed by atoms with Crippen LogP contribution in [0.2, 0.25) is 0 Å². The van der Waals surface area contributed by atoms with Gasteiger partial charge in [-0.05, 0) is 40.2 Å². The van der Waals surface area contributed by atoms with Crippen molar-refractivity contribution in [3.8, 4) is 0 Å². The molecule has 0 aliphatic carbocycles. The minimum Gasteiger partial charge on any atom is -0.368 e. The van der Waals surface area contributed by atoms with Crippen LogP contribution in [0.1, 0.15) is 55.5 Å². The number of rotatable bonds is 17. The van der Waals surface area contributed by atoms with Gasteiger partial charge in [0.1, 0.15) is 18.1 Å². The summed E-state index contributed by atoms with van der Waals surface area (Å²) < 4.78 is 0. The Hall–Kier alpha value is -6.10. The van der Waals surface area contributed by atoms with E-state index in [1.807, 2.05) is 72.8 Å². The highest BCUT2D eigenvalue weighted by molar-refractivity contribution is 6.38. The van der Waals surface area contributed by atoms with E-state index in [-0.39, 0.29) is 37.0 Å². The van der Waals surface area contributed by atoms with Crippen LogP contribution in [0.25, 0.3) is 0 Å². The molecule has 1 unspecified atom stereocenters. The van der Waals surface area contributed by atoms with Crippen LogP contribution in [0.5, 0.6) is 0 Å². The van der Waals surface area contributed by atoms with E-state index in [1.54, 1.807) is 42.5 Å². The molecule has 4 aromatic rings. The fourth-order valence-electron chi connectivity index (χ4n) is 5.82. The molecule has 0 saturated carbocycles. The summed E-state index contributed by atoms with van der Waals surface area (Å²) in [6, 6.07) is 30.0. The molecule has 5 amide bonds. The molecule has 0 aliphatic heterocycles. The number of Topliss-reactive ketones (excluding diaryl/α,β-unsaturated/α-hetero) is 1. The fourth-order valence-corrected chi connectivity index (χ4v) is 5.82. The van der Waals surface area contributed by atoms with Gasteiger partial charge in [-0.15, -0.1) is 0 Å². The van der Waals surface area contributed by atoms with E-state index < -0.39 is 53.6 Å². The van der Waals surface area contributed by atoms with Crippen LogP contribution in [0.15, 0.2) is 115 Å². The van der Waals surface area contributed by atoms with Crippen LogP contribution in [0.4, 0.5) is 0 Å². The van der Waals surface area contributed by atoms with Crippen molar-refractivity contribution in [1.82, 2.24) is 21.3 Å². The topological polar surface area (TPSA) is 177 Å². The summed E-state index contributed by atoms with van der Waals surface area (Å²) in [7, 11) is 0. The molecule has 0 saturated heterocycles. The van der Waals surface area contributed by atoms with Crippen molar-refractivity contribution in [2.45, 2.75) is 83.0 Å². The van der Waals surface area contributed by atoms with Gasteiger partial charge in [-0.3, -0.25) is 28.8 Å². The molecule has 11 nitrogen and oxygen atoms in total. The second kappa shape index (κ2) is 19.1. The van der Waals surface area contributed by atoms with Crippen LogP contribution in [-0.2, 0) is 59.9 Å². The summed E-state index contributed by atoms with van der Waals surface area (Å²) in [5.41, 5.74) is 9.74. The maximum Gasteiger partial charge on any atom is 0.290 e. The Morgan fingerprint density at radius 1 is 0.537 bits per heavy atom. The van der Waals surface area contributed by atoms with E-state index in [0.29, 0.717) is 5.56 Å². The number of carbonyl (C=O) groups is 6. The van der Waals surface area contributed by atoms with Crippen LogP contribution < -0.4 is 27.0 Å². The largest absolute Gasteiger partial charge is 0.368 e. The third-order valence-corrected chi connectivity index (χ3v) is 8.94. The zero-order chi connectivity index (χ0) is 39.3. The number of ketones is 1. The lowest BCUT2D eigenvalue weighted by atomic mass is 9.86. The van der Waals surface area contributed by atoms with Gasteiger partial charge >= 0.3 is 0 Å². The van der Waals surface area contributed by atoms with Crippen molar-refractivity contribution in [2.24, 2.45) is 5.73 Å². The van der Waals surface area contributed by atoms with Gasteiger partial charge in [-0.25, -0.2) is 0 Å². The third-order valence-electron chi connectivity index (χ3n) is 8.94. The van der Waals surface area contributed by atoms with Gasteiger partial charge < -0.3 is 27.0 Å². The number of primary amides is 1. The molecule has 4 aromatic carbocycles. The first-order valence-corrected chi connectivity index (χ1v) is 17.9. The van der Waals surface area contributed by atoms with E-state index in [2.05, 4.69) is 42.0 Å². The van der Waals surface area contributed by atoms with E-state index in [1.165, 1.54) is 6.92 Å². The quantitative estimate of drug-likeness (QED) is 0.104. The number of nitrogens with one attached hydrogen (secondary N) is 4. The van der Waals surface area contributed by atoms with Gasteiger partial charge in [-0.2, -0.15) is 0 Å². The second-order valence-corrected chi connectivity index (χ2v) is 14.4. The summed E-state index contributed by atoms with van der Waals surface area (Å²) in [5, 5.41) is 10.5. The van der Waals surface area contributed by atoms with E-state index >= 15 is 0 Å². The molecule has 282 valence electrons. The third kappa shape index (κ3) is 12.5. The highest BCUT2D eigenvalue weighted by Gasteiger charge is 2.32. The highest BCUT2D eigenvalue weighted by Crippen LogP contribution is 2.22. The summed E-state index contributed by atoms with van der Waals surface area (Å²) in [6.45, 7) is 7.62. The van der Waals surface area contributed by atoms with Crippen LogP contribution in [0.3, 0.4) is 0 Å². The lowest BCUT2D eigenvalue weighted by Gasteiger charge is -2.24. The molecule has 11 heteroatoms. The zero-order valence-electron chi connectivity index (χ0n) is 31.1. The Morgan fingerprint density at radius 2 is 0.963 bits per heavy atom. The van der Waals surface area contributed by atoms with Crippen LogP contribution in [-0.4, -0.2) is 59.5 Å². The van der Waals surface area contributed by atoms with Crippen molar-refractivity contribution in [2.75, 3.05) is 0 Å². The summed E-state index contributed by atoms with van der Waals surface area (Å²) in [4.78, 5) is 79.4. The maximum absolute atomic E-state index is 13.7. The van der Waals surface area contributed by atoms with Crippen LogP contribution >= 0.6 is 0 Å². The van der Waals surface area contributed by atoms with Gasteiger partial charge in [0.2, 0.25) is 29.4 Å². The summed E-state index contributed by atoms with van der Waals surface area (Å²) in [6.07, 6.45) is 0.305. The van der Waals surface area contributed by atoms with E-state index in [0.717, 1.165) is 22.3 Å². The summed E-state index contributed by atoms with van der Waals surface area (Å²) in [5.74, 6) is -4.64. The van der Waals surface area contributed by atoms with Crippen molar-refractivity contribution in [3.63, 3.8) is 0 Å². The molecular weight excluding hydrogens is 683 g/mol. The fraction of sp³-hybridized carbons (Fsp3) is 0.302. The molecule has 0 heterocycles. The lowest BCUT2D eigenvalue weighted by Crippen LogP contribution is -2.57. The standard InChI is InChI=1S/C43H49N5O6/c1-28(45-40(52)35(25-29-14-8-5-9-15-29)46-37(49)27-31-18-12-7-13-19-31)38(50)42(54)48-36(26-30-16-10-6-11-17-30)41(53)47-34(39(44)51)24-32-20-22-33(23-21-32)43(2,3)4/h5-23,28,34-36H,24-27H2,1-4H3,(H2,44,51)(H,45,52)(H,46,49)(H,47,53)(H,48,54)/t28?,34-,35-,36-/m0/s1. The first-order valence-electron chi connectivity index (χ1n) is 17.9. The van der Waals surface area contributed by atoms with Gasteiger partial charge in [0.15, 0.2) is 0 Å². The molecule has 0 fully saturated rings. The second-order valence-electron chi connectivity index (χ2n) is 14.4. The monoisotopic (exact) mass is 731 g/mol. The number of nitrogens with two attached hydrogens (primary N) is 1. The first-order chi connectivity index (χ1) is 25.7. The Labute approximate surface area is 316 Å². The number of hydrogen-bond acceptors (Lipinski definition) is 6. The van der Waals surface area contributed by atoms with Crippen molar-refractivity contribution >= 4 is 35.3 Å². The lowest BCUT2D eigenvalue weighted by molar-refractivity contribution is -0.141. The molecular formula is C43H49N5O6. The predicted molar refractivity (Wildman–Crippen MR) is 207 cm³/mol. The maximum atomic E-state index is 13.7. The van der Waals surface area contributed by atoms with E-state index in [4.69, 9.17) is 5.73 Å². The Bertz CT molecular complexity index is 1890. The molecule has 54 heavy (non-hydrogen) atoms. The van der Waals surface area contributed by atoms with Gasteiger partial charge in [0.05, 0.1) is 12.5 Å². The Morgan fingerprint density at radius 3 is 1.44 bits per heavy atom. The molecule has 6 N–H and O–H groups in total. The predicted octanol–water partition coefficient (Wildman–Crippen LogP) is 3.27. The molecule has 0 spiro atoms. The average molecular weight is 732 g/mol. The minimum atomic E-state index is -1.31. The molecule has 4 rings (SSSR count).